The van der Waals surface area contributed by atoms with Crippen LogP contribution in [-0.2, 0) is 12.6 Å². The van der Waals surface area contributed by atoms with Gasteiger partial charge in [-0.3, -0.25) is 10.1 Å². The molecule has 4 rings (SSSR count). The molecule has 0 saturated carbocycles. The fourth-order valence-electron chi connectivity index (χ4n) is 3.08. The maximum Gasteiger partial charge on any atom is 0.434 e. The van der Waals surface area contributed by atoms with Crippen molar-refractivity contribution in [2.24, 2.45) is 0 Å². The zero-order valence-electron chi connectivity index (χ0n) is 16.1. The first-order valence-corrected chi connectivity index (χ1v) is 10.0. The van der Waals surface area contributed by atoms with Gasteiger partial charge in [-0.2, -0.15) is 18.3 Å². The number of carbonyl (C=O) groups excluding carboxylic acids is 1. The lowest BCUT2D eigenvalue weighted by molar-refractivity contribution is -0.143. The molecule has 0 radical (unpaired) electrons. The SMILES string of the molecule is CCc1ccc2nc(NC(=O)c3cnn(-c4ccc(C)cc4)c3C(F)(F)F)sc2c1. The molecule has 0 atom stereocenters. The normalized spacial score (nSPS) is 11.8. The molecule has 2 heterocycles. The van der Waals surface area contributed by atoms with Gasteiger partial charge in [0.1, 0.15) is 0 Å². The highest BCUT2D eigenvalue weighted by atomic mass is 32.1. The zero-order valence-corrected chi connectivity index (χ0v) is 16.9. The number of alkyl halides is 3. The molecule has 0 bridgehead atoms. The number of rotatable bonds is 4. The maximum absolute atomic E-state index is 13.8. The molecule has 0 unspecified atom stereocenters. The van der Waals surface area contributed by atoms with Crippen molar-refractivity contribution in [2.45, 2.75) is 26.4 Å². The standard InChI is InChI=1S/C21H17F3N4OS/c1-3-13-6-9-16-17(10-13)30-20(26-16)27-19(29)15-11-25-28(18(15)21(22,23)24)14-7-4-12(2)5-8-14/h4-11H,3H2,1-2H3,(H,26,27,29). The number of hydrogen-bond donors (Lipinski definition) is 1. The lowest BCUT2D eigenvalue weighted by Crippen LogP contribution is -2.20. The van der Waals surface area contributed by atoms with Gasteiger partial charge in [-0.1, -0.05) is 42.0 Å². The van der Waals surface area contributed by atoms with Crippen LogP contribution in [0.4, 0.5) is 18.3 Å². The number of benzene rings is 2. The number of thiazole rings is 1. The molecule has 2 aromatic heterocycles. The molecule has 4 aromatic rings. The molecule has 1 amide bonds. The number of hydrogen-bond acceptors (Lipinski definition) is 4. The highest BCUT2D eigenvalue weighted by Gasteiger charge is 2.40. The van der Waals surface area contributed by atoms with Crippen molar-refractivity contribution in [3.8, 4) is 5.69 Å². The molecule has 0 fully saturated rings. The van der Waals surface area contributed by atoms with Gasteiger partial charge in [-0.15, -0.1) is 0 Å². The molecule has 0 aliphatic rings. The van der Waals surface area contributed by atoms with Crippen molar-refractivity contribution in [3.63, 3.8) is 0 Å². The van der Waals surface area contributed by atoms with Crippen LogP contribution in [0.1, 0.15) is 34.1 Å². The van der Waals surface area contributed by atoms with Gasteiger partial charge in [-0.25, -0.2) is 9.67 Å². The van der Waals surface area contributed by atoms with Crippen LogP contribution < -0.4 is 5.32 Å². The molecule has 9 heteroatoms. The van der Waals surface area contributed by atoms with Crippen LogP contribution in [-0.4, -0.2) is 20.7 Å². The first kappa shape index (κ1) is 20.1. The van der Waals surface area contributed by atoms with Crippen LogP contribution in [0, 0.1) is 6.92 Å². The third kappa shape index (κ3) is 3.80. The lowest BCUT2D eigenvalue weighted by atomic mass is 10.2. The minimum Gasteiger partial charge on any atom is -0.298 e. The molecule has 0 aliphatic heterocycles. The van der Waals surface area contributed by atoms with Crippen LogP contribution in [0.2, 0.25) is 0 Å². The number of amides is 1. The summed E-state index contributed by atoms with van der Waals surface area (Å²) in [7, 11) is 0. The molecule has 30 heavy (non-hydrogen) atoms. The predicted octanol–water partition coefficient (Wildman–Crippen LogP) is 5.62. The highest BCUT2D eigenvalue weighted by molar-refractivity contribution is 7.22. The average Bonchev–Trinajstić information content (AvgIpc) is 3.31. The molecule has 0 saturated heterocycles. The van der Waals surface area contributed by atoms with E-state index >= 15 is 0 Å². The largest absolute Gasteiger partial charge is 0.434 e. The Morgan fingerprint density at radius 1 is 1.17 bits per heavy atom. The van der Waals surface area contributed by atoms with E-state index < -0.39 is 23.3 Å². The van der Waals surface area contributed by atoms with E-state index in [4.69, 9.17) is 0 Å². The molecule has 1 N–H and O–H groups in total. The molecule has 0 spiro atoms. The molecule has 154 valence electrons. The summed E-state index contributed by atoms with van der Waals surface area (Å²) in [5.74, 6) is -0.907. The van der Waals surface area contributed by atoms with Crippen molar-refractivity contribution < 1.29 is 18.0 Å². The van der Waals surface area contributed by atoms with E-state index in [-0.39, 0.29) is 10.8 Å². The van der Waals surface area contributed by atoms with Gasteiger partial charge >= 0.3 is 6.18 Å². The summed E-state index contributed by atoms with van der Waals surface area (Å²) in [6.45, 7) is 3.85. The monoisotopic (exact) mass is 430 g/mol. The van der Waals surface area contributed by atoms with Crippen molar-refractivity contribution in [2.75, 3.05) is 5.32 Å². The first-order valence-electron chi connectivity index (χ1n) is 9.19. The Hall–Kier alpha value is -3.20. The van der Waals surface area contributed by atoms with Crippen molar-refractivity contribution >= 4 is 32.6 Å². The number of halogens is 3. The van der Waals surface area contributed by atoms with Crippen molar-refractivity contribution in [1.29, 1.82) is 0 Å². The third-order valence-corrected chi connectivity index (χ3v) is 5.58. The second-order valence-corrected chi connectivity index (χ2v) is 7.81. The second kappa shape index (κ2) is 7.56. The van der Waals surface area contributed by atoms with Crippen LogP contribution in [0.15, 0.2) is 48.7 Å². The quantitative estimate of drug-likeness (QED) is 0.457. The Kier molecular flexibility index (Phi) is 5.07. The van der Waals surface area contributed by atoms with Gasteiger partial charge in [0, 0.05) is 0 Å². The fraction of sp³-hybridized carbons (Fsp3) is 0.190. The van der Waals surface area contributed by atoms with E-state index in [1.807, 2.05) is 32.0 Å². The summed E-state index contributed by atoms with van der Waals surface area (Å²) < 4.78 is 43.0. The molecule has 2 aromatic carbocycles. The Bertz CT molecular complexity index is 1230. The summed E-state index contributed by atoms with van der Waals surface area (Å²) in [6, 6.07) is 12.1. The summed E-state index contributed by atoms with van der Waals surface area (Å²) >= 11 is 1.22. The molecule has 0 aliphatic carbocycles. The number of nitrogens with one attached hydrogen (secondary N) is 1. The van der Waals surface area contributed by atoms with Gasteiger partial charge in [-0.05, 0) is 43.2 Å². The predicted molar refractivity (Wildman–Crippen MR) is 110 cm³/mol. The van der Waals surface area contributed by atoms with Gasteiger partial charge < -0.3 is 0 Å². The van der Waals surface area contributed by atoms with Crippen LogP contribution >= 0.6 is 11.3 Å². The van der Waals surface area contributed by atoms with E-state index in [1.54, 1.807) is 12.1 Å². The number of aromatic nitrogens is 3. The number of aryl methyl sites for hydroxylation is 2. The van der Waals surface area contributed by atoms with Crippen LogP contribution in [0.25, 0.3) is 15.9 Å². The third-order valence-electron chi connectivity index (χ3n) is 4.64. The number of anilines is 1. The summed E-state index contributed by atoms with van der Waals surface area (Å²) in [6.07, 6.45) is -2.99. The first-order chi connectivity index (χ1) is 14.3. The van der Waals surface area contributed by atoms with Gasteiger partial charge in [0.15, 0.2) is 10.8 Å². The van der Waals surface area contributed by atoms with E-state index in [2.05, 4.69) is 15.4 Å². The number of fused-ring (bicyclic) bond motifs is 1. The molecular formula is C21H17F3N4OS. The summed E-state index contributed by atoms with van der Waals surface area (Å²) in [4.78, 5) is 17.0. The van der Waals surface area contributed by atoms with Crippen LogP contribution in [0.3, 0.4) is 0 Å². The Morgan fingerprint density at radius 3 is 2.57 bits per heavy atom. The zero-order chi connectivity index (χ0) is 21.5. The van der Waals surface area contributed by atoms with E-state index in [1.165, 1.54) is 23.5 Å². The highest BCUT2D eigenvalue weighted by Crippen LogP contribution is 2.34. The van der Waals surface area contributed by atoms with E-state index in [0.717, 1.165) is 33.1 Å². The lowest BCUT2D eigenvalue weighted by Gasteiger charge is -2.12. The topological polar surface area (TPSA) is 59.8 Å². The maximum atomic E-state index is 13.8. The fourth-order valence-corrected chi connectivity index (χ4v) is 4.00. The second-order valence-electron chi connectivity index (χ2n) is 6.78. The van der Waals surface area contributed by atoms with Crippen LogP contribution in [0.5, 0.6) is 0 Å². The number of nitrogens with zero attached hydrogens (tertiary/aromatic N) is 3. The Balaban J connectivity index is 1.69. The van der Waals surface area contributed by atoms with Crippen molar-refractivity contribution in [1.82, 2.24) is 14.8 Å². The Morgan fingerprint density at radius 2 is 1.90 bits per heavy atom. The molecular weight excluding hydrogens is 413 g/mol. The summed E-state index contributed by atoms with van der Waals surface area (Å²) in [5, 5.41) is 6.55. The molecule has 5 nitrogen and oxygen atoms in total. The minimum absolute atomic E-state index is 0.221. The number of carbonyl (C=O) groups is 1. The van der Waals surface area contributed by atoms with Gasteiger partial charge in [0.25, 0.3) is 5.91 Å². The average molecular weight is 430 g/mol. The van der Waals surface area contributed by atoms with Gasteiger partial charge in [0.05, 0.1) is 27.7 Å². The van der Waals surface area contributed by atoms with Crippen molar-refractivity contribution in [3.05, 3.63) is 71.0 Å². The minimum atomic E-state index is -4.77. The smallest absolute Gasteiger partial charge is 0.298 e. The Labute approximate surface area is 174 Å². The van der Waals surface area contributed by atoms with Gasteiger partial charge in [0.2, 0.25) is 0 Å². The van der Waals surface area contributed by atoms with E-state index in [9.17, 15) is 18.0 Å². The summed E-state index contributed by atoms with van der Waals surface area (Å²) in [5.41, 5.74) is 1.23. The van der Waals surface area contributed by atoms with E-state index in [0.29, 0.717) is 5.52 Å².